The van der Waals surface area contributed by atoms with Crippen molar-refractivity contribution in [2.45, 2.75) is 39.0 Å². The number of carbonyl (C=O) groups excluding carboxylic acids is 1. The van der Waals surface area contributed by atoms with Crippen LogP contribution in [-0.4, -0.2) is 65.6 Å². The molecule has 0 aliphatic carbocycles. The van der Waals surface area contributed by atoms with E-state index in [1.54, 1.807) is 7.11 Å². The molecule has 0 fully saturated rings. The van der Waals surface area contributed by atoms with E-state index in [9.17, 15) is 4.79 Å². The van der Waals surface area contributed by atoms with Gasteiger partial charge in [-0.1, -0.05) is 6.42 Å². The Kier molecular flexibility index (Phi) is 21.8. The van der Waals surface area contributed by atoms with E-state index < -0.39 is 0 Å². The lowest BCUT2D eigenvalue weighted by atomic mass is 10.2. The molecule has 0 heterocycles. The predicted molar refractivity (Wildman–Crippen MR) is 107 cm³/mol. The van der Waals surface area contributed by atoms with Crippen molar-refractivity contribution in [2.24, 2.45) is 4.99 Å². The molecule has 0 aromatic heterocycles. The number of rotatable bonds is 14. The molecule has 0 aliphatic heterocycles. The largest absolute Gasteiger partial charge is 0.469 e. The summed E-state index contributed by atoms with van der Waals surface area (Å²) in [6.45, 7) is 6.40. The van der Waals surface area contributed by atoms with Crippen molar-refractivity contribution in [1.29, 1.82) is 0 Å². The van der Waals surface area contributed by atoms with Crippen LogP contribution in [0.1, 0.15) is 39.0 Å². The summed E-state index contributed by atoms with van der Waals surface area (Å²) < 4.78 is 14.9. The highest BCUT2D eigenvalue weighted by Crippen LogP contribution is 2.00. The number of aliphatic imine (C=N–C) groups is 1. The maximum Gasteiger partial charge on any atom is 0.305 e. The second-order valence-electron chi connectivity index (χ2n) is 5.03. The molecule has 0 amide bonds. The van der Waals surface area contributed by atoms with Crippen LogP contribution in [0.3, 0.4) is 0 Å². The highest BCUT2D eigenvalue weighted by Gasteiger charge is 2.00. The summed E-state index contributed by atoms with van der Waals surface area (Å²) in [5.41, 5.74) is 0. The maximum absolute atomic E-state index is 11.0. The smallest absolute Gasteiger partial charge is 0.305 e. The van der Waals surface area contributed by atoms with Crippen LogP contribution < -0.4 is 10.6 Å². The Hall–Kier alpha value is -0.610. The number of hydrogen-bond acceptors (Lipinski definition) is 5. The highest BCUT2D eigenvalue weighted by atomic mass is 127. The Morgan fingerprint density at radius 3 is 2.46 bits per heavy atom. The molecule has 7 nitrogen and oxygen atoms in total. The third-order valence-electron chi connectivity index (χ3n) is 3.07. The van der Waals surface area contributed by atoms with Gasteiger partial charge in [0.25, 0.3) is 0 Å². The topological polar surface area (TPSA) is 81.2 Å². The van der Waals surface area contributed by atoms with Crippen molar-refractivity contribution in [3.05, 3.63) is 0 Å². The quantitative estimate of drug-likeness (QED) is 0.136. The second-order valence-corrected chi connectivity index (χ2v) is 5.03. The van der Waals surface area contributed by atoms with E-state index in [4.69, 9.17) is 9.47 Å². The van der Waals surface area contributed by atoms with E-state index >= 15 is 0 Å². The van der Waals surface area contributed by atoms with E-state index in [1.165, 1.54) is 7.11 Å². The summed E-state index contributed by atoms with van der Waals surface area (Å²) >= 11 is 0. The molecular formula is C16H34IN3O4. The van der Waals surface area contributed by atoms with Crippen LogP contribution in [0.25, 0.3) is 0 Å². The Morgan fingerprint density at radius 2 is 1.79 bits per heavy atom. The number of methoxy groups -OCH3 is 2. The normalized spacial score (nSPS) is 10.9. The summed E-state index contributed by atoms with van der Waals surface area (Å²) in [5.74, 6) is 0.693. The molecule has 0 radical (unpaired) electrons. The second kappa shape index (κ2) is 20.4. The standard InChI is InChI=1S/C16H33N3O4.HI/c1-4-17-16(19-11-8-12-23-14-13-21-2)18-10-7-5-6-9-15(20)22-3;/h4-14H2,1-3H3,(H2,17,18,19);1H. The summed E-state index contributed by atoms with van der Waals surface area (Å²) in [6.07, 6.45) is 4.24. The van der Waals surface area contributed by atoms with Crippen molar-refractivity contribution in [1.82, 2.24) is 10.6 Å². The Morgan fingerprint density at radius 1 is 1.00 bits per heavy atom. The zero-order chi connectivity index (χ0) is 17.2. The van der Waals surface area contributed by atoms with Gasteiger partial charge < -0.3 is 24.8 Å². The minimum atomic E-state index is -0.138. The van der Waals surface area contributed by atoms with E-state index in [-0.39, 0.29) is 29.9 Å². The number of hydrogen-bond donors (Lipinski definition) is 2. The monoisotopic (exact) mass is 459 g/mol. The van der Waals surface area contributed by atoms with Crippen LogP contribution in [0.2, 0.25) is 0 Å². The Labute approximate surface area is 163 Å². The minimum absolute atomic E-state index is 0. The van der Waals surface area contributed by atoms with E-state index in [2.05, 4.69) is 20.4 Å². The zero-order valence-corrected chi connectivity index (χ0v) is 17.6. The third-order valence-corrected chi connectivity index (χ3v) is 3.07. The predicted octanol–water partition coefficient (Wildman–Crippen LogP) is 1.95. The van der Waals surface area contributed by atoms with Crippen molar-refractivity contribution >= 4 is 35.9 Å². The number of guanidine groups is 1. The first-order valence-corrected chi connectivity index (χ1v) is 8.40. The van der Waals surface area contributed by atoms with Crippen molar-refractivity contribution < 1.29 is 19.0 Å². The van der Waals surface area contributed by atoms with Gasteiger partial charge in [-0.05, 0) is 26.2 Å². The molecular weight excluding hydrogens is 425 g/mol. The van der Waals surface area contributed by atoms with Gasteiger partial charge in [-0.2, -0.15) is 0 Å². The Bertz CT molecular complexity index is 318. The minimum Gasteiger partial charge on any atom is -0.469 e. The number of nitrogens with one attached hydrogen (secondary N) is 2. The maximum atomic E-state index is 11.0. The number of carbonyl (C=O) groups is 1. The highest BCUT2D eigenvalue weighted by molar-refractivity contribution is 14.0. The van der Waals surface area contributed by atoms with Gasteiger partial charge in [0.15, 0.2) is 5.96 Å². The van der Waals surface area contributed by atoms with Crippen molar-refractivity contribution in [2.75, 3.05) is 53.7 Å². The molecule has 24 heavy (non-hydrogen) atoms. The first kappa shape index (κ1) is 25.6. The SMILES string of the molecule is CCNC(=NCCCOCCOC)NCCCCCC(=O)OC.I. The van der Waals surface area contributed by atoms with Gasteiger partial charge in [-0.25, -0.2) is 0 Å². The first-order valence-electron chi connectivity index (χ1n) is 8.40. The molecule has 0 unspecified atom stereocenters. The van der Waals surface area contributed by atoms with Crippen LogP contribution in [-0.2, 0) is 19.0 Å². The fraction of sp³-hybridized carbons (Fsp3) is 0.875. The number of ether oxygens (including phenoxy) is 3. The van der Waals surface area contributed by atoms with Gasteiger partial charge in [0.1, 0.15) is 0 Å². The molecule has 0 saturated carbocycles. The van der Waals surface area contributed by atoms with Crippen LogP contribution in [0.15, 0.2) is 4.99 Å². The fourth-order valence-corrected chi connectivity index (χ4v) is 1.82. The number of esters is 1. The van der Waals surface area contributed by atoms with Gasteiger partial charge in [0.2, 0.25) is 0 Å². The third kappa shape index (κ3) is 17.7. The van der Waals surface area contributed by atoms with Gasteiger partial charge in [-0.3, -0.25) is 9.79 Å². The molecule has 144 valence electrons. The molecule has 0 aromatic rings. The summed E-state index contributed by atoms with van der Waals surface area (Å²) in [5, 5.41) is 6.51. The number of unbranched alkanes of at least 4 members (excludes halogenated alkanes) is 2. The lowest BCUT2D eigenvalue weighted by molar-refractivity contribution is -0.140. The zero-order valence-electron chi connectivity index (χ0n) is 15.3. The molecule has 0 bridgehead atoms. The van der Waals surface area contributed by atoms with E-state index in [0.717, 1.165) is 51.3 Å². The van der Waals surface area contributed by atoms with Crippen molar-refractivity contribution in [3.63, 3.8) is 0 Å². The van der Waals surface area contributed by atoms with Crippen molar-refractivity contribution in [3.8, 4) is 0 Å². The van der Waals surface area contributed by atoms with E-state index in [1.807, 2.05) is 6.92 Å². The fourth-order valence-electron chi connectivity index (χ4n) is 1.82. The Balaban J connectivity index is 0. The van der Waals surface area contributed by atoms with Gasteiger partial charge in [0, 0.05) is 39.8 Å². The summed E-state index contributed by atoms with van der Waals surface area (Å²) in [4.78, 5) is 15.5. The van der Waals surface area contributed by atoms with Crippen LogP contribution in [0, 0.1) is 0 Å². The van der Waals surface area contributed by atoms with Gasteiger partial charge in [0.05, 0.1) is 20.3 Å². The molecule has 8 heteroatoms. The average Bonchev–Trinajstić information content (AvgIpc) is 2.56. The van der Waals surface area contributed by atoms with E-state index in [0.29, 0.717) is 26.2 Å². The lowest BCUT2D eigenvalue weighted by Crippen LogP contribution is -2.37. The molecule has 0 aromatic carbocycles. The number of nitrogens with zero attached hydrogens (tertiary/aromatic N) is 1. The van der Waals surface area contributed by atoms with Gasteiger partial charge in [-0.15, -0.1) is 24.0 Å². The first-order chi connectivity index (χ1) is 11.2. The summed E-state index contributed by atoms with van der Waals surface area (Å²) in [6, 6.07) is 0. The average molecular weight is 459 g/mol. The number of halogens is 1. The lowest BCUT2D eigenvalue weighted by Gasteiger charge is -2.11. The molecule has 0 saturated heterocycles. The molecule has 0 aliphatic rings. The molecule has 0 atom stereocenters. The molecule has 0 spiro atoms. The molecule has 0 rings (SSSR count). The van der Waals surface area contributed by atoms with Gasteiger partial charge >= 0.3 is 5.97 Å². The molecule has 2 N–H and O–H groups in total. The van der Waals surface area contributed by atoms with Crippen LogP contribution >= 0.6 is 24.0 Å². The van der Waals surface area contributed by atoms with Crippen LogP contribution in [0.5, 0.6) is 0 Å². The summed E-state index contributed by atoms with van der Waals surface area (Å²) in [7, 11) is 3.09. The van der Waals surface area contributed by atoms with Crippen LogP contribution in [0.4, 0.5) is 0 Å².